The van der Waals surface area contributed by atoms with Crippen LogP contribution in [0.1, 0.15) is 15.4 Å². The molecular weight excluding hydrogens is 231 g/mol. The van der Waals surface area contributed by atoms with Gasteiger partial charge in [0.25, 0.3) is 0 Å². The predicted octanol–water partition coefficient (Wildman–Crippen LogP) is 2.35. The Hall–Kier alpha value is -1.82. The fourth-order valence-corrected chi connectivity index (χ4v) is 2.09. The van der Waals surface area contributed by atoms with Crippen molar-refractivity contribution in [2.75, 3.05) is 0 Å². The minimum absolute atomic E-state index is 0.182. The number of hydrogen-bond donors (Lipinski definition) is 1. The van der Waals surface area contributed by atoms with E-state index in [1.807, 2.05) is 0 Å². The molecule has 0 unspecified atom stereocenters. The summed E-state index contributed by atoms with van der Waals surface area (Å²) < 4.78 is 12.6. The van der Waals surface area contributed by atoms with E-state index in [2.05, 4.69) is 9.97 Å². The molecule has 1 N–H and O–H groups in total. The number of aryl methyl sites for hydroxylation is 1. The number of carboxylic acid groups (broad SMARTS) is 1. The fraction of sp³-hybridized carbons (Fsp3) is 0.100. The van der Waals surface area contributed by atoms with Gasteiger partial charge >= 0.3 is 5.97 Å². The average molecular weight is 238 g/mol. The summed E-state index contributed by atoms with van der Waals surface area (Å²) in [6.45, 7) is 1.62. The number of aromatic carboxylic acids is 1. The molecule has 0 aliphatic carbocycles. The summed E-state index contributed by atoms with van der Waals surface area (Å²) in [7, 11) is 0. The van der Waals surface area contributed by atoms with Gasteiger partial charge in [-0.2, -0.15) is 0 Å². The Morgan fingerprint density at radius 2 is 2.25 bits per heavy atom. The molecule has 0 spiro atoms. The third-order valence-electron chi connectivity index (χ3n) is 1.94. The molecule has 16 heavy (non-hydrogen) atoms. The summed E-state index contributed by atoms with van der Waals surface area (Å²) in [6.07, 6.45) is 1.08. The minimum atomic E-state index is -1.01. The van der Waals surface area contributed by atoms with Gasteiger partial charge in [0.05, 0.1) is 17.6 Å². The van der Waals surface area contributed by atoms with Crippen molar-refractivity contribution in [1.29, 1.82) is 0 Å². The maximum absolute atomic E-state index is 12.6. The van der Waals surface area contributed by atoms with Crippen molar-refractivity contribution >= 4 is 17.3 Å². The predicted molar refractivity (Wildman–Crippen MR) is 57.0 cm³/mol. The van der Waals surface area contributed by atoms with Gasteiger partial charge in [0, 0.05) is 0 Å². The second-order valence-electron chi connectivity index (χ2n) is 3.10. The molecule has 0 radical (unpaired) electrons. The number of pyridine rings is 1. The molecule has 2 heterocycles. The van der Waals surface area contributed by atoms with Gasteiger partial charge in [0.15, 0.2) is 0 Å². The second-order valence-corrected chi connectivity index (χ2v) is 4.10. The molecule has 82 valence electrons. The van der Waals surface area contributed by atoms with Crippen LogP contribution in [0.2, 0.25) is 0 Å². The van der Waals surface area contributed by atoms with Crippen LogP contribution in [0.15, 0.2) is 18.3 Å². The third-order valence-corrected chi connectivity index (χ3v) is 3.11. The Balaban J connectivity index is 2.45. The third kappa shape index (κ3) is 1.92. The first-order valence-electron chi connectivity index (χ1n) is 4.40. The van der Waals surface area contributed by atoms with Crippen LogP contribution in [-0.4, -0.2) is 21.0 Å². The lowest BCUT2D eigenvalue weighted by atomic mass is 10.3. The SMILES string of the molecule is Cc1nc(-c2ccc(F)cn2)sc1C(=O)O. The molecule has 2 rings (SSSR count). The van der Waals surface area contributed by atoms with Crippen LogP contribution < -0.4 is 0 Å². The van der Waals surface area contributed by atoms with E-state index in [1.54, 1.807) is 6.92 Å². The largest absolute Gasteiger partial charge is 0.477 e. The zero-order valence-electron chi connectivity index (χ0n) is 8.27. The van der Waals surface area contributed by atoms with Crippen LogP contribution in [0.3, 0.4) is 0 Å². The lowest BCUT2D eigenvalue weighted by Gasteiger charge is -1.93. The Bertz CT molecular complexity index is 536. The van der Waals surface area contributed by atoms with Crippen molar-refractivity contribution in [2.24, 2.45) is 0 Å². The highest BCUT2D eigenvalue weighted by Gasteiger charge is 2.15. The Morgan fingerprint density at radius 3 is 2.75 bits per heavy atom. The van der Waals surface area contributed by atoms with Gasteiger partial charge in [-0.15, -0.1) is 11.3 Å². The van der Waals surface area contributed by atoms with Crippen molar-refractivity contribution in [2.45, 2.75) is 6.92 Å². The molecular formula is C10H7FN2O2S. The molecule has 2 aromatic heterocycles. The van der Waals surface area contributed by atoms with Gasteiger partial charge in [-0.25, -0.2) is 14.2 Å². The van der Waals surface area contributed by atoms with Gasteiger partial charge < -0.3 is 5.11 Å². The van der Waals surface area contributed by atoms with Crippen LogP contribution in [-0.2, 0) is 0 Å². The van der Waals surface area contributed by atoms with Gasteiger partial charge in [0.2, 0.25) is 0 Å². The van der Waals surface area contributed by atoms with E-state index in [4.69, 9.17) is 5.11 Å². The highest BCUT2D eigenvalue weighted by molar-refractivity contribution is 7.16. The molecule has 0 aromatic carbocycles. The van der Waals surface area contributed by atoms with Gasteiger partial charge in [-0.05, 0) is 19.1 Å². The molecule has 0 atom stereocenters. The molecule has 0 fully saturated rings. The van der Waals surface area contributed by atoms with Crippen molar-refractivity contribution in [3.05, 3.63) is 34.7 Å². The molecule has 0 bridgehead atoms. The molecule has 0 aliphatic rings. The van der Waals surface area contributed by atoms with E-state index in [9.17, 15) is 9.18 Å². The number of halogens is 1. The zero-order valence-corrected chi connectivity index (χ0v) is 9.08. The maximum atomic E-state index is 12.6. The number of carbonyl (C=O) groups is 1. The Morgan fingerprint density at radius 1 is 1.50 bits per heavy atom. The van der Waals surface area contributed by atoms with Crippen molar-refractivity contribution in [1.82, 2.24) is 9.97 Å². The molecule has 2 aromatic rings. The second kappa shape index (κ2) is 3.97. The Labute approximate surface area is 94.4 Å². The van der Waals surface area contributed by atoms with Crippen molar-refractivity contribution < 1.29 is 14.3 Å². The first-order valence-corrected chi connectivity index (χ1v) is 5.22. The van der Waals surface area contributed by atoms with Crippen molar-refractivity contribution in [3.63, 3.8) is 0 Å². The molecule has 6 heteroatoms. The summed E-state index contributed by atoms with van der Waals surface area (Å²) in [5, 5.41) is 9.34. The fourth-order valence-electron chi connectivity index (χ4n) is 1.21. The van der Waals surface area contributed by atoms with Crippen molar-refractivity contribution in [3.8, 4) is 10.7 Å². The topological polar surface area (TPSA) is 63.1 Å². The van der Waals surface area contributed by atoms with Gasteiger partial charge in [-0.1, -0.05) is 0 Å². The minimum Gasteiger partial charge on any atom is -0.477 e. The smallest absolute Gasteiger partial charge is 0.347 e. The molecule has 4 nitrogen and oxygen atoms in total. The van der Waals surface area contributed by atoms with E-state index < -0.39 is 11.8 Å². The highest BCUT2D eigenvalue weighted by Crippen LogP contribution is 2.26. The van der Waals surface area contributed by atoms with E-state index in [1.165, 1.54) is 12.1 Å². The first kappa shape index (κ1) is 10.7. The molecule has 0 saturated carbocycles. The number of aromatic nitrogens is 2. The standard InChI is InChI=1S/C10H7FN2O2S/c1-5-8(10(14)15)16-9(13-5)7-3-2-6(11)4-12-7/h2-4H,1H3,(H,14,15). The molecule has 0 aliphatic heterocycles. The van der Waals surface area contributed by atoms with Crippen LogP contribution >= 0.6 is 11.3 Å². The summed E-state index contributed by atoms with van der Waals surface area (Å²) in [4.78, 5) is 18.9. The number of nitrogens with zero attached hydrogens (tertiary/aromatic N) is 2. The number of thiazole rings is 1. The number of hydrogen-bond acceptors (Lipinski definition) is 4. The number of rotatable bonds is 2. The quantitative estimate of drug-likeness (QED) is 0.872. The normalized spacial score (nSPS) is 10.4. The summed E-state index contributed by atoms with van der Waals surface area (Å²) in [6, 6.07) is 2.73. The van der Waals surface area contributed by atoms with Gasteiger partial charge in [0.1, 0.15) is 15.7 Å². The summed E-state index contributed by atoms with van der Waals surface area (Å²) >= 11 is 1.03. The Kier molecular flexibility index (Phi) is 2.66. The van der Waals surface area contributed by atoms with E-state index in [-0.39, 0.29) is 4.88 Å². The van der Waals surface area contributed by atoms with Crippen LogP contribution in [0.25, 0.3) is 10.7 Å². The zero-order chi connectivity index (χ0) is 11.7. The highest BCUT2D eigenvalue weighted by atomic mass is 32.1. The van der Waals surface area contributed by atoms with E-state index in [0.29, 0.717) is 16.4 Å². The molecule has 0 saturated heterocycles. The number of carboxylic acids is 1. The van der Waals surface area contributed by atoms with Crippen LogP contribution in [0.5, 0.6) is 0 Å². The van der Waals surface area contributed by atoms with Crippen LogP contribution in [0.4, 0.5) is 4.39 Å². The summed E-state index contributed by atoms with van der Waals surface area (Å²) in [5.41, 5.74) is 0.917. The lowest BCUT2D eigenvalue weighted by molar-refractivity contribution is 0.0701. The monoisotopic (exact) mass is 238 g/mol. The lowest BCUT2D eigenvalue weighted by Crippen LogP contribution is -1.94. The molecule has 0 amide bonds. The summed E-state index contributed by atoms with van der Waals surface area (Å²) in [5.74, 6) is -1.45. The van der Waals surface area contributed by atoms with E-state index in [0.717, 1.165) is 17.5 Å². The maximum Gasteiger partial charge on any atom is 0.347 e. The first-order chi connectivity index (χ1) is 7.58. The average Bonchev–Trinajstić information content (AvgIpc) is 2.61. The van der Waals surface area contributed by atoms with Crippen LogP contribution in [0, 0.1) is 12.7 Å². The van der Waals surface area contributed by atoms with E-state index >= 15 is 0 Å². The van der Waals surface area contributed by atoms with Gasteiger partial charge in [-0.3, -0.25) is 4.98 Å².